The van der Waals surface area contributed by atoms with E-state index in [-0.39, 0.29) is 28.1 Å². The third kappa shape index (κ3) is 3.79. The van der Waals surface area contributed by atoms with Crippen molar-refractivity contribution in [3.63, 3.8) is 0 Å². The number of nitrogens with one attached hydrogen (secondary N) is 1. The Morgan fingerprint density at radius 1 is 1.18 bits per heavy atom. The maximum absolute atomic E-state index is 12.4. The van der Waals surface area contributed by atoms with Gasteiger partial charge in [-0.2, -0.15) is 4.31 Å². The molecule has 10 heteroatoms. The zero-order chi connectivity index (χ0) is 15.7. The molecule has 0 spiro atoms. The molecule has 0 aliphatic carbocycles. The Morgan fingerprint density at radius 2 is 1.73 bits per heavy atom. The van der Waals surface area contributed by atoms with Crippen molar-refractivity contribution in [2.45, 2.75) is 16.2 Å². The van der Waals surface area contributed by atoms with Crippen molar-refractivity contribution < 1.29 is 16.8 Å². The van der Waals surface area contributed by atoms with Gasteiger partial charge in [0.05, 0.1) is 9.79 Å². The van der Waals surface area contributed by atoms with E-state index in [1.165, 1.54) is 35.6 Å². The molecule has 1 atom stereocenters. The van der Waals surface area contributed by atoms with Gasteiger partial charge in [-0.05, 0) is 50.2 Å². The fourth-order valence-corrected chi connectivity index (χ4v) is 4.53. The number of benzene rings is 1. The summed E-state index contributed by atoms with van der Waals surface area (Å²) in [5.41, 5.74) is 5.57. The summed E-state index contributed by atoms with van der Waals surface area (Å²) >= 11 is 0. The summed E-state index contributed by atoms with van der Waals surface area (Å²) < 4.78 is 51.7. The smallest absolute Gasteiger partial charge is 0.243 e. The van der Waals surface area contributed by atoms with E-state index in [4.69, 9.17) is 5.73 Å². The molecule has 0 radical (unpaired) electrons. The van der Waals surface area contributed by atoms with Crippen LogP contribution in [0.15, 0.2) is 34.1 Å². The van der Waals surface area contributed by atoms with Crippen LogP contribution in [0.5, 0.6) is 0 Å². The quantitative estimate of drug-likeness (QED) is 0.758. The first kappa shape index (κ1) is 19.3. The van der Waals surface area contributed by atoms with Gasteiger partial charge in [0.1, 0.15) is 0 Å². The molecule has 1 fully saturated rings. The highest BCUT2D eigenvalue weighted by atomic mass is 35.5. The van der Waals surface area contributed by atoms with Crippen LogP contribution >= 0.6 is 12.4 Å². The predicted octanol–water partition coefficient (Wildman–Crippen LogP) is -0.0142. The minimum Gasteiger partial charge on any atom is -0.330 e. The van der Waals surface area contributed by atoms with Crippen molar-refractivity contribution in [3.05, 3.63) is 24.3 Å². The average molecular weight is 370 g/mol. The Balaban J connectivity index is 0.00000242. The normalized spacial score (nSPS) is 19.8. The highest BCUT2D eigenvalue weighted by molar-refractivity contribution is 7.89. The topological polar surface area (TPSA) is 110 Å². The van der Waals surface area contributed by atoms with Crippen LogP contribution in [0.2, 0.25) is 0 Å². The Morgan fingerprint density at radius 3 is 2.18 bits per heavy atom. The molecule has 0 bridgehead atoms. The van der Waals surface area contributed by atoms with E-state index in [0.717, 1.165) is 6.42 Å². The summed E-state index contributed by atoms with van der Waals surface area (Å²) in [6.07, 6.45) is 0.752. The number of sulfonamides is 2. The molecule has 1 aromatic rings. The summed E-state index contributed by atoms with van der Waals surface area (Å²) in [6, 6.07) is 5.20. The van der Waals surface area contributed by atoms with E-state index in [2.05, 4.69) is 4.72 Å². The third-order valence-corrected chi connectivity index (χ3v) is 6.93. The molecule has 0 aromatic heterocycles. The molecule has 1 heterocycles. The van der Waals surface area contributed by atoms with Crippen molar-refractivity contribution in [2.24, 2.45) is 11.7 Å². The standard InChI is InChI=1S/C12H19N3O4S2.ClH/c1-14-20(16,17)11-2-4-12(5-3-11)21(18,19)15-7-6-10(8-13)9-15;/h2-5,10,14H,6-9,13H2,1H3;1H. The number of halogens is 1. The van der Waals surface area contributed by atoms with Crippen molar-refractivity contribution in [1.82, 2.24) is 9.03 Å². The van der Waals surface area contributed by atoms with Crippen molar-refractivity contribution in [1.29, 1.82) is 0 Å². The zero-order valence-electron chi connectivity index (χ0n) is 12.1. The molecule has 0 amide bonds. The van der Waals surface area contributed by atoms with Crippen LogP contribution in [-0.4, -0.2) is 47.8 Å². The van der Waals surface area contributed by atoms with Gasteiger partial charge in [-0.25, -0.2) is 21.6 Å². The van der Waals surface area contributed by atoms with Gasteiger partial charge in [-0.3, -0.25) is 0 Å². The summed E-state index contributed by atoms with van der Waals surface area (Å²) in [7, 11) is -5.85. The van der Waals surface area contributed by atoms with E-state index >= 15 is 0 Å². The minimum absolute atomic E-state index is 0. The molecule has 0 saturated carbocycles. The molecule has 126 valence electrons. The van der Waals surface area contributed by atoms with Crippen molar-refractivity contribution in [3.8, 4) is 0 Å². The lowest BCUT2D eigenvalue weighted by Crippen LogP contribution is -2.30. The Labute approximate surface area is 137 Å². The van der Waals surface area contributed by atoms with Gasteiger partial charge in [-0.15, -0.1) is 12.4 Å². The summed E-state index contributed by atoms with van der Waals surface area (Å²) in [4.78, 5) is 0.125. The number of hydrogen-bond acceptors (Lipinski definition) is 5. The molecule has 1 unspecified atom stereocenters. The monoisotopic (exact) mass is 369 g/mol. The minimum atomic E-state index is -3.59. The second-order valence-electron chi connectivity index (χ2n) is 4.93. The Hall–Kier alpha value is -0.710. The van der Waals surface area contributed by atoms with Gasteiger partial charge < -0.3 is 5.73 Å². The largest absolute Gasteiger partial charge is 0.330 e. The lowest BCUT2D eigenvalue weighted by atomic mass is 10.1. The lowest BCUT2D eigenvalue weighted by molar-refractivity contribution is 0.459. The molecule has 22 heavy (non-hydrogen) atoms. The second kappa shape index (κ2) is 7.24. The average Bonchev–Trinajstić information content (AvgIpc) is 2.97. The van der Waals surface area contributed by atoms with Crippen LogP contribution in [0.25, 0.3) is 0 Å². The summed E-state index contributed by atoms with van der Waals surface area (Å²) in [6.45, 7) is 1.32. The first-order chi connectivity index (χ1) is 9.81. The Kier molecular flexibility index (Phi) is 6.36. The molecule has 1 aromatic carbocycles. The highest BCUT2D eigenvalue weighted by Gasteiger charge is 2.31. The van der Waals surface area contributed by atoms with E-state index < -0.39 is 20.0 Å². The van der Waals surface area contributed by atoms with Crippen LogP contribution in [0, 0.1) is 5.92 Å². The van der Waals surface area contributed by atoms with E-state index in [0.29, 0.717) is 19.6 Å². The van der Waals surface area contributed by atoms with Crippen LogP contribution < -0.4 is 10.5 Å². The molecule has 1 saturated heterocycles. The molecule has 1 aliphatic rings. The predicted molar refractivity (Wildman–Crippen MR) is 85.9 cm³/mol. The molecule has 1 aliphatic heterocycles. The van der Waals surface area contributed by atoms with Gasteiger partial charge >= 0.3 is 0 Å². The van der Waals surface area contributed by atoms with E-state index in [9.17, 15) is 16.8 Å². The molecular weight excluding hydrogens is 350 g/mol. The molecule has 2 rings (SSSR count). The van der Waals surface area contributed by atoms with Crippen molar-refractivity contribution in [2.75, 3.05) is 26.7 Å². The van der Waals surface area contributed by atoms with Gasteiger partial charge in [0.2, 0.25) is 20.0 Å². The molecular formula is C12H20ClN3O4S2. The Bertz CT molecular complexity index is 704. The number of rotatable bonds is 5. The lowest BCUT2D eigenvalue weighted by Gasteiger charge is -2.16. The number of hydrogen-bond donors (Lipinski definition) is 2. The number of nitrogens with two attached hydrogens (primary N) is 1. The van der Waals surface area contributed by atoms with Gasteiger partial charge in [0.25, 0.3) is 0 Å². The molecule has 7 nitrogen and oxygen atoms in total. The van der Waals surface area contributed by atoms with Gasteiger partial charge in [0, 0.05) is 13.1 Å². The fraction of sp³-hybridized carbons (Fsp3) is 0.500. The second-order valence-corrected chi connectivity index (χ2v) is 8.76. The summed E-state index contributed by atoms with van der Waals surface area (Å²) in [5, 5.41) is 0. The van der Waals surface area contributed by atoms with Crippen LogP contribution in [0.3, 0.4) is 0 Å². The molecule has 3 N–H and O–H groups in total. The van der Waals surface area contributed by atoms with E-state index in [1.54, 1.807) is 0 Å². The summed E-state index contributed by atoms with van der Waals surface area (Å²) in [5.74, 6) is 0.184. The number of nitrogens with zero attached hydrogens (tertiary/aromatic N) is 1. The van der Waals surface area contributed by atoms with Crippen LogP contribution in [0.4, 0.5) is 0 Å². The van der Waals surface area contributed by atoms with E-state index in [1.807, 2.05) is 0 Å². The van der Waals surface area contributed by atoms with Gasteiger partial charge in [-0.1, -0.05) is 0 Å². The SMILES string of the molecule is CNS(=O)(=O)c1ccc(S(=O)(=O)N2CCC(CN)C2)cc1.Cl. The first-order valence-electron chi connectivity index (χ1n) is 6.55. The first-order valence-corrected chi connectivity index (χ1v) is 9.47. The fourth-order valence-electron chi connectivity index (χ4n) is 2.27. The van der Waals surface area contributed by atoms with Crippen molar-refractivity contribution >= 4 is 32.5 Å². The third-order valence-electron chi connectivity index (χ3n) is 3.62. The zero-order valence-corrected chi connectivity index (χ0v) is 14.5. The maximum atomic E-state index is 12.4. The maximum Gasteiger partial charge on any atom is 0.243 e. The highest BCUT2D eigenvalue weighted by Crippen LogP contribution is 2.24. The van der Waals surface area contributed by atoms with Crippen LogP contribution in [-0.2, 0) is 20.0 Å². The van der Waals surface area contributed by atoms with Crippen LogP contribution in [0.1, 0.15) is 6.42 Å². The van der Waals surface area contributed by atoms with Gasteiger partial charge in [0.15, 0.2) is 0 Å².